The molecule has 1 aliphatic heterocycles. The van der Waals surface area contributed by atoms with E-state index in [2.05, 4.69) is 0 Å². The molecule has 2 aromatic carbocycles. The molecule has 1 saturated heterocycles. The third kappa shape index (κ3) is 2.84. The SMILES string of the molecule is Cc1c2c(cc(F)c1N1C[C@]3(N)CCC[C@]3(F)C1)C(=O)C(C(=O)O)=CC2c1ccccc1. The minimum Gasteiger partial charge on any atom is -0.478 e. The molecule has 0 spiro atoms. The van der Waals surface area contributed by atoms with Crippen molar-refractivity contribution >= 4 is 17.4 Å². The molecule has 7 heteroatoms. The summed E-state index contributed by atoms with van der Waals surface area (Å²) in [6.07, 6.45) is 3.03. The summed E-state index contributed by atoms with van der Waals surface area (Å²) in [5, 5.41) is 9.57. The Morgan fingerprint density at radius 2 is 1.94 bits per heavy atom. The first kappa shape index (κ1) is 20.8. The van der Waals surface area contributed by atoms with E-state index in [-0.39, 0.29) is 29.9 Å². The maximum atomic E-state index is 15.5. The van der Waals surface area contributed by atoms with Gasteiger partial charge in [-0.15, -0.1) is 0 Å². The van der Waals surface area contributed by atoms with Crippen molar-refractivity contribution in [1.82, 2.24) is 0 Å². The third-order valence-corrected chi connectivity index (χ3v) is 7.39. The van der Waals surface area contributed by atoms with E-state index in [1.165, 1.54) is 6.08 Å². The van der Waals surface area contributed by atoms with Crippen molar-refractivity contribution in [3.8, 4) is 0 Å². The van der Waals surface area contributed by atoms with Crippen LogP contribution in [0.3, 0.4) is 0 Å². The van der Waals surface area contributed by atoms with E-state index >= 15 is 8.78 Å². The number of benzene rings is 2. The number of hydrogen-bond acceptors (Lipinski definition) is 4. The zero-order chi connectivity index (χ0) is 22.8. The van der Waals surface area contributed by atoms with Crippen LogP contribution in [0.5, 0.6) is 0 Å². The van der Waals surface area contributed by atoms with Crippen LogP contribution in [0.4, 0.5) is 14.5 Å². The van der Waals surface area contributed by atoms with Gasteiger partial charge in [0.2, 0.25) is 0 Å². The monoisotopic (exact) mass is 438 g/mol. The molecular weight excluding hydrogens is 414 g/mol. The number of halogens is 2. The van der Waals surface area contributed by atoms with E-state index < -0.39 is 34.7 Å². The van der Waals surface area contributed by atoms with Crippen molar-refractivity contribution in [3.05, 3.63) is 76.1 Å². The molecule has 0 bridgehead atoms. The fourth-order valence-corrected chi connectivity index (χ4v) is 5.79. The fraction of sp³-hybridized carbons (Fsp3) is 0.360. The van der Waals surface area contributed by atoms with Gasteiger partial charge in [-0.3, -0.25) is 4.79 Å². The van der Waals surface area contributed by atoms with Crippen molar-refractivity contribution in [2.75, 3.05) is 18.0 Å². The van der Waals surface area contributed by atoms with Crippen LogP contribution in [0.25, 0.3) is 0 Å². The Morgan fingerprint density at radius 1 is 1.22 bits per heavy atom. The number of allylic oxidation sites excluding steroid dienone is 1. The van der Waals surface area contributed by atoms with Crippen molar-refractivity contribution in [1.29, 1.82) is 0 Å². The van der Waals surface area contributed by atoms with Gasteiger partial charge in [-0.1, -0.05) is 36.4 Å². The van der Waals surface area contributed by atoms with Crippen molar-refractivity contribution < 1.29 is 23.5 Å². The van der Waals surface area contributed by atoms with Gasteiger partial charge in [-0.05, 0) is 48.9 Å². The van der Waals surface area contributed by atoms with Gasteiger partial charge < -0.3 is 15.7 Å². The number of carbonyl (C=O) groups excluding carboxylic acids is 1. The molecule has 2 fully saturated rings. The molecule has 3 aliphatic rings. The lowest BCUT2D eigenvalue weighted by molar-refractivity contribution is -0.132. The molecule has 3 atom stereocenters. The Kier molecular flexibility index (Phi) is 4.53. The van der Waals surface area contributed by atoms with Gasteiger partial charge in [0.05, 0.1) is 17.8 Å². The molecule has 5 rings (SSSR count). The smallest absolute Gasteiger partial charge is 0.339 e. The number of carboxylic acid groups (broad SMARTS) is 1. The number of rotatable bonds is 3. The van der Waals surface area contributed by atoms with Gasteiger partial charge in [0.1, 0.15) is 17.1 Å². The molecule has 2 aromatic rings. The second-order valence-electron chi connectivity index (χ2n) is 9.23. The topological polar surface area (TPSA) is 83.6 Å². The maximum absolute atomic E-state index is 15.5. The Hall–Kier alpha value is -3.06. The molecule has 166 valence electrons. The lowest BCUT2D eigenvalue weighted by atomic mass is 9.77. The molecule has 1 heterocycles. The molecule has 0 radical (unpaired) electrons. The van der Waals surface area contributed by atoms with Crippen LogP contribution in [0.2, 0.25) is 0 Å². The van der Waals surface area contributed by atoms with E-state index in [0.29, 0.717) is 30.4 Å². The standard InChI is InChI=1S/C25H24F2N2O3/c1-14-20-16(15-6-3-2-4-7-15)10-18(23(31)32)22(30)17(20)11-19(26)21(14)29-12-24(27)8-5-9-25(24,28)13-29/h2-4,6-7,10-11,16H,5,8-9,12-13,28H2,1H3,(H,31,32)/t16?,24-,25+/m0/s1. The number of alkyl halides is 1. The average Bonchev–Trinajstić information content (AvgIpc) is 3.16. The highest BCUT2D eigenvalue weighted by Crippen LogP contribution is 2.49. The molecule has 32 heavy (non-hydrogen) atoms. The number of carbonyl (C=O) groups is 2. The molecule has 3 N–H and O–H groups in total. The summed E-state index contributed by atoms with van der Waals surface area (Å²) in [5.41, 5.74) is 5.54. The number of hydrogen-bond donors (Lipinski definition) is 2. The first-order chi connectivity index (χ1) is 15.2. The first-order valence-corrected chi connectivity index (χ1v) is 10.8. The molecule has 2 aliphatic carbocycles. The Balaban J connectivity index is 1.68. The van der Waals surface area contributed by atoms with Crippen molar-refractivity contribution in [3.63, 3.8) is 0 Å². The van der Waals surface area contributed by atoms with Crippen LogP contribution in [0.15, 0.2) is 48.0 Å². The molecule has 1 unspecified atom stereocenters. The maximum Gasteiger partial charge on any atom is 0.339 e. The van der Waals surface area contributed by atoms with Crippen molar-refractivity contribution in [2.24, 2.45) is 5.73 Å². The average molecular weight is 438 g/mol. The minimum atomic E-state index is -1.58. The van der Waals surface area contributed by atoms with Gasteiger partial charge in [-0.25, -0.2) is 13.6 Å². The number of aliphatic carboxylic acids is 1. The number of carboxylic acids is 1. The predicted octanol–water partition coefficient (Wildman–Crippen LogP) is 3.88. The van der Waals surface area contributed by atoms with Gasteiger partial charge in [-0.2, -0.15) is 0 Å². The van der Waals surface area contributed by atoms with Crippen LogP contribution in [0, 0.1) is 12.7 Å². The van der Waals surface area contributed by atoms with Crippen LogP contribution >= 0.6 is 0 Å². The largest absolute Gasteiger partial charge is 0.478 e. The highest BCUT2D eigenvalue weighted by Gasteiger charge is 2.60. The third-order valence-electron chi connectivity index (χ3n) is 7.39. The van der Waals surface area contributed by atoms with Crippen LogP contribution < -0.4 is 10.6 Å². The van der Waals surface area contributed by atoms with E-state index in [1.54, 1.807) is 11.8 Å². The number of nitrogens with zero attached hydrogens (tertiary/aromatic N) is 1. The van der Waals surface area contributed by atoms with Gasteiger partial charge in [0.25, 0.3) is 0 Å². The van der Waals surface area contributed by atoms with E-state index in [9.17, 15) is 14.7 Å². The van der Waals surface area contributed by atoms with E-state index in [1.807, 2.05) is 30.3 Å². The summed E-state index contributed by atoms with van der Waals surface area (Å²) in [7, 11) is 0. The molecular formula is C25H24F2N2O3. The Labute approximate surface area is 184 Å². The first-order valence-electron chi connectivity index (χ1n) is 10.8. The minimum absolute atomic E-state index is 0.000210. The summed E-state index contributed by atoms with van der Waals surface area (Å²) in [6.45, 7) is 1.91. The van der Waals surface area contributed by atoms with Crippen LogP contribution in [0.1, 0.15) is 52.2 Å². The summed E-state index contributed by atoms with van der Waals surface area (Å²) in [5.74, 6) is -3.27. The van der Waals surface area contributed by atoms with Crippen molar-refractivity contribution in [2.45, 2.75) is 43.3 Å². The van der Waals surface area contributed by atoms with Gasteiger partial charge >= 0.3 is 5.97 Å². The molecule has 0 aromatic heterocycles. The fourth-order valence-electron chi connectivity index (χ4n) is 5.79. The molecule has 5 nitrogen and oxygen atoms in total. The Morgan fingerprint density at radius 3 is 2.59 bits per heavy atom. The molecule has 1 saturated carbocycles. The summed E-state index contributed by atoms with van der Waals surface area (Å²) in [6, 6.07) is 10.3. The zero-order valence-electron chi connectivity index (χ0n) is 17.7. The van der Waals surface area contributed by atoms with Crippen LogP contribution in [-0.2, 0) is 4.79 Å². The zero-order valence-corrected chi connectivity index (χ0v) is 17.7. The highest BCUT2D eigenvalue weighted by atomic mass is 19.1. The van der Waals surface area contributed by atoms with Gasteiger partial charge in [0, 0.05) is 18.0 Å². The van der Waals surface area contributed by atoms with E-state index in [0.717, 1.165) is 11.6 Å². The number of nitrogens with two attached hydrogens (primary N) is 1. The summed E-state index contributed by atoms with van der Waals surface area (Å²) < 4.78 is 31.0. The summed E-state index contributed by atoms with van der Waals surface area (Å²) >= 11 is 0. The number of ketones is 1. The number of fused-ring (bicyclic) bond motifs is 2. The highest BCUT2D eigenvalue weighted by molar-refractivity contribution is 6.25. The second kappa shape index (κ2) is 6.97. The van der Waals surface area contributed by atoms with E-state index in [4.69, 9.17) is 5.73 Å². The quantitative estimate of drug-likeness (QED) is 0.711. The predicted molar refractivity (Wildman–Crippen MR) is 116 cm³/mol. The van der Waals surface area contributed by atoms with Gasteiger partial charge in [0.15, 0.2) is 5.78 Å². The van der Waals surface area contributed by atoms with Crippen LogP contribution in [-0.4, -0.2) is 41.2 Å². The molecule has 0 amide bonds. The number of anilines is 1. The second-order valence-corrected chi connectivity index (χ2v) is 9.23. The lowest BCUT2D eigenvalue weighted by Crippen LogP contribution is -2.53. The lowest BCUT2D eigenvalue weighted by Gasteiger charge is -2.30. The normalized spacial score (nSPS) is 29.0. The Bertz CT molecular complexity index is 1160. The summed E-state index contributed by atoms with van der Waals surface area (Å²) in [4.78, 5) is 26.3. The number of Topliss-reactive ketones (excluding diaryl/α,β-unsaturated/α-hetero) is 1.